The Balaban J connectivity index is 1.36. The number of hydrogen-bond acceptors (Lipinski definition) is 5. The van der Waals surface area contributed by atoms with E-state index in [1.54, 1.807) is 40.6 Å². The highest BCUT2D eigenvalue weighted by molar-refractivity contribution is 7.13. The molecule has 1 amide bonds. The molecule has 1 aliphatic heterocycles. The Bertz CT molecular complexity index is 1330. The van der Waals surface area contributed by atoms with Crippen molar-refractivity contribution in [3.63, 3.8) is 0 Å². The summed E-state index contributed by atoms with van der Waals surface area (Å²) in [7, 11) is 0. The van der Waals surface area contributed by atoms with E-state index >= 15 is 0 Å². The first-order chi connectivity index (χ1) is 16.3. The van der Waals surface area contributed by atoms with Crippen molar-refractivity contribution in [3.05, 3.63) is 76.7 Å². The Hall–Kier alpha value is -3.31. The van der Waals surface area contributed by atoms with Crippen LogP contribution in [0.15, 0.2) is 53.9 Å². The average Bonchev–Trinajstić information content (AvgIpc) is 3.49. The van der Waals surface area contributed by atoms with E-state index in [1.807, 2.05) is 4.90 Å². The molecule has 0 unspecified atom stereocenters. The summed E-state index contributed by atoms with van der Waals surface area (Å²) in [5, 5.41) is 5.71. The number of nitrogens with zero attached hydrogens (tertiary/aromatic N) is 5. The molecule has 0 radical (unpaired) electrons. The van der Waals surface area contributed by atoms with Crippen molar-refractivity contribution < 1.29 is 22.4 Å². The van der Waals surface area contributed by atoms with Gasteiger partial charge in [-0.25, -0.2) is 13.9 Å². The monoisotopic (exact) mass is 489 g/mol. The van der Waals surface area contributed by atoms with E-state index in [0.717, 1.165) is 6.07 Å². The van der Waals surface area contributed by atoms with Crippen LogP contribution in [0.2, 0.25) is 0 Å². The zero-order valence-electron chi connectivity index (χ0n) is 17.8. The predicted molar refractivity (Wildman–Crippen MR) is 119 cm³/mol. The molecule has 176 valence electrons. The van der Waals surface area contributed by atoms with Crippen molar-refractivity contribution in [3.8, 4) is 10.6 Å². The maximum absolute atomic E-state index is 13.9. The first-order valence-corrected chi connectivity index (χ1v) is 11.4. The van der Waals surface area contributed by atoms with Crippen LogP contribution in [-0.2, 0) is 12.7 Å². The van der Waals surface area contributed by atoms with Crippen LogP contribution in [-0.4, -0.2) is 56.5 Å². The fourth-order valence-electron chi connectivity index (χ4n) is 3.97. The number of hydrogen-bond donors (Lipinski definition) is 0. The van der Waals surface area contributed by atoms with Crippen LogP contribution >= 0.6 is 11.3 Å². The van der Waals surface area contributed by atoms with Crippen LogP contribution in [0.3, 0.4) is 0 Å². The highest BCUT2D eigenvalue weighted by Crippen LogP contribution is 2.33. The van der Waals surface area contributed by atoms with Crippen LogP contribution in [0.1, 0.15) is 21.7 Å². The SMILES string of the molecule is O=C(c1cc2nc(-c3cccs3)cc(C(F)(F)F)n2n1)N1CCN(Cc2ccccc2F)CC1. The lowest BCUT2D eigenvalue weighted by atomic mass is 10.2. The Labute approximate surface area is 196 Å². The van der Waals surface area contributed by atoms with Gasteiger partial charge in [0.1, 0.15) is 5.82 Å². The van der Waals surface area contributed by atoms with Crippen molar-refractivity contribution in [1.82, 2.24) is 24.4 Å². The second kappa shape index (κ2) is 8.80. The van der Waals surface area contributed by atoms with Crippen molar-refractivity contribution in [2.24, 2.45) is 0 Å². The first kappa shape index (κ1) is 22.5. The molecule has 5 rings (SSSR count). The Morgan fingerprint density at radius 2 is 1.79 bits per heavy atom. The lowest BCUT2D eigenvalue weighted by Gasteiger charge is -2.34. The van der Waals surface area contributed by atoms with Gasteiger partial charge < -0.3 is 4.90 Å². The van der Waals surface area contributed by atoms with E-state index in [4.69, 9.17) is 0 Å². The molecule has 0 aliphatic carbocycles. The van der Waals surface area contributed by atoms with Gasteiger partial charge >= 0.3 is 6.18 Å². The number of carbonyl (C=O) groups is 1. The molecule has 6 nitrogen and oxygen atoms in total. The number of alkyl halides is 3. The normalized spacial score (nSPS) is 15.2. The van der Waals surface area contributed by atoms with Gasteiger partial charge in [-0.1, -0.05) is 24.3 Å². The third-order valence-corrected chi connectivity index (χ3v) is 6.61. The third-order valence-electron chi connectivity index (χ3n) is 5.72. The molecular formula is C23H19F4N5OS. The summed E-state index contributed by atoms with van der Waals surface area (Å²) >= 11 is 1.28. The minimum atomic E-state index is -4.67. The average molecular weight is 489 g/mol. The van der Waals surface area contributed by atoms with Crippen molar-refractivity contribution in [2.45, 2.75) is 12.7 Å². The van der Waals surface area contributed by atoms with E-state index in [2.05, 4.69) is 10.1 Å². The molecule has 0 atom stereocenters. The van der Waals surface area contributed by atoms with Gasteiger partial charge in [0, 0.05) is 44.4 Å². The van der Waals surface area contributed by atoms with E-state index in [0.29, 0.717) is 47.7 Å². The largest absolute Gasteiger partial charge is 0.433 e. The van der Waals surface area contributed by atoms with E-state index in [1.165, 1.54) is 23.5 Å². The van der Waals surface area contributed by atoms with Gasteiger partial charge in [-0.3, -0.25) is 9.69 Å². The summed E-state index contributed by atoms with van der Waals surface area (Å²) in [4.78, 5) is 21.5. The van der Waals surface area contributed by atoms with E-state index in [9.17, 15) is 22.4 Å². The Morgan fingerprint density at radius 1 is 1.03 bits per heavy atom. The standard InChI is InChI=1S/C23H19F4N5OS/c24-16-5-2-1-4-15(16)14-30-7-9-31(10-8-30)22(33)18-13-21-28-17(19-6-3-11-34-19)12-20(23(25,26)27)32(21)29-18/h1-6,11-13H,7-10,14H2. The smallest absolute Gasteiger partial charge is 0.335 e. The number of aromatic nitrogens is 3. The van der Waals surface area contributed by atoms with Gasteiger partial charge in [0.15, 0.2) is 17.0 Å². The van der Waals surface area contributed by atoms with Crippen LogP contribution in [0.25, 0.3) is 16.2 Å². The minimum absolute atomic E-state index is 0.0419. The number of halogens is 4. The predicted octanol–water partition coefficient (Wildman–Crippen LogP) is 4.57. The summed E-state index contributed by atoms with van der Waals surface area (Å²) in [6, 6.07) is 12.2. The fraction of sp³-hybridized carbons (Fsp3) is 0.261. The van der Waals surface area contributed by atoms with Gasteiger partial charge in [-0.2, -0.15) is 18.3 Å². The molecule has 1 saturated heterocycles. The zero-order chi connectivity index (χ0) is 23.9. The zero-order valence-corrected chi connectivity index (χ0v) is 18.6. The highest BCUT2D eigenvalue weighted by atomic mass is 32.1. The number of fused-ring (bicyclic) bond motifs is 1. The molecule has 1 aromatic carbocycles. The number of rotatable bonds is 4. The van der Waals surface area contributed by atoms with Gasteiger partial charge in [-0.05, 0) is 23.6 Å². The van der Waals surface area contributed by atoms with Crippen LogP contribution < -0.4 is 0 Å². The second-order valence-corrected chi connectivity index (χ2v) is 8.91. The van der Waals surface area contributed by atoms with E-state index in [-0.39, 0.29) is 22.9 Å². The molecular weight excluding hydrogens is 470 g/mol. The summed E-state index contributed by atoms with van der Waals surface area (Å²) < 4.78 is 55.8. The maximum atomic E-state index is 13.9. The van der Waals surface area contributed by atoms with Crippen LogP contribution in [0.5, 0.6) is 0 Å². The summed E-state index contributed by atoms with van der Waals surface area (Å²) in [5.41, 5.74) is -0.372. The molecule has 1 fully saturated rings. The quantitative estimate of drug-likeness (QED) is 0.394. The Morgan fingerprint density at radius 3 is 2.47 bits per heavy atom. The molecule has 34 heavy (non-hydrogen) atoms. The van der Waals surface area contributed by atoms with Gasteiger partial charge in [0.05, 0.1) is 10.6 Å². The molecule has 0 saturated carbocycles. The lowest BCUT2D eigenvalue weighted by Crippen LogP contribution is -2.48. The van der Waals surface area contributed by atoms with Crippen molar-refractivity contribution in [1.29, 1.82) is 0 Å². The van der Waals surface area contributed by atoms with Gasteiger partial charge in [0.2, 0.25) is 0 Å². The van der Waals surface area contributed by atoms with Crippen molar-refractivity contribution >= 4 is 22.9 Å². The third kappa shape index (κ3) is 4.40. The molecule has 0 N–H and O–H groups in total. The molecule has 4 aromatic rings. The molecule has 1 aliphatic rings. The van der Waals surface area contributed by atoms with E-state index < -0.39 is 17.8 Å². The molecule has 3 aromatic heterocycles. The number of piperazine rings is 1. The number of carbonyl (C=O) groups excluding carboxylic acids is 1. The second-order valence-electron chi connectivity index (χ2n) is 7.96. The summed E-state index contributed by atoms with van der Waals surface area (Å²) in [5.74, 6) is -0.734. The van der Waals surface area contributed by atoms with Gasteiger partial charge in [-0.15, -0.1) is 11.3 Å². The van der Waals surface area contributed by atoms with Crippen molar-refractivity contribution in [2.75, 3.05) is 26.2 Å². The lowest BCUT2D eigenvalue weighted by molar-refractivity contribution is -0.142. The number of benzene rings is 1. The van der Waals surface area contributed by atoms with Crippen LogP contribution in [0.4, 0.5) is 17.6 Å². The summed E-state index contributed by atoms with van der Waals surface area (Å²) in [6.45, 7) is 2.18. The number of thiophene rings is 1. The maximum Gasteiger partial charge on any atom is 0.433 e. The molecule has 0 spiro atoms. The summed E-state index contributed by atoms with van der Waals surface area (Å²) in [6.07, 6.45) is -4.67. The van der Waals surface area contributed by atoms with Gasteiger partial charge in [0.25, 0.3) is 5.91 Å². The minimum Gasteiger partial charge on any atom is -0.335 e. The Kier molecular flexibility index (Phi) is 5.82. The molecule has 0 bridgehead atoms. The topological polar surface area (TPSA) is 53.7 Å². The highest BCUT2D eigenvalue weighted by Gasteiger charge is 2.36. The molecule has 11 heteroatoms. The molecule has 4 heterocycles. The first-order valence-electron chi connectivity index (χ1n) is 10.6. The fourth-order valence-corrected chi connectivity index (χ4v) is 4.66. The van der Waals surface area contributed by atoms with Crippen LogP contribution in [0, 0.1) is 5.82 Å². The number of amides is 1.